The van der Waals surface area contributed by atoms with Crippen LogP contribution in [0.4, 0.5) is 5.69 Å². The van der Waals surface area contributed by atoms with E-state index in [1.165, 1.54) is 0 Å². The van der Waals surface area contributed by atoms with E-state index < -0.39 is 11.8 Å². The summed E-state index contributed by atoms with van der Waals surface area (Å²) < 4.78 is 0. The van der Waals surface area contributed by atoms with Crippen LogP contribution in [0.5, 0.6) is 0 Å². The number of hydrogen-bond acceptors (Lipinski definition) is 3. The summed E-state index contributed by atoms with van der Waals surface area (Å²) in [6, 6.07) is 8.84. The lowest BCUT2D eigenvalue weighted by atomic mass is 9.85. The van der Waals surface area contributed by atoms with Crippen molar-refractivity contribution in [1.82, 2.24) is 5.32 Å². The molecular weight excluding hydrogens is 268 g/mol. The molecule has 0 aliphatic heterocycles. The molecule has 4 atom stereocenters. The second-order valence-electron chi connectivity index (χ2n) is 6.00. The Bertz CT molecular complexity index is 532. The molecule has 0 aromatic heterocycles. The van der Waals surface area contributed by atoms with Crippen molar-refractivity contribution in [3.05, 3.63) is 30.3 Å². The molecule has 4 unspecified atom stereocenters. The zero-order valence-electron chi connectivity index (χ0n) is 11.8. The fourth-order valence-corrected chi connectivity index (χ4v) is 3.82. The van der Waals surface area contributed by atoms with Crippen LogP contribution in [-0.4, -0.2) is 29.6 Å². The number of fused-ring (bicyclic) bond motifs is 2. The first-order chi connectivity index (χ1) is 10.2. The third kappa shape index (κ3) is 2.78. The minimum atomic E-state index is -0.652. The Labute approximate surface area is 123 Å². The fraction of sp³-hybridized carbons (Fsp3) is 0.500. The number of aliphatic hydroxyl groups is 1. The van der Waals surface area contributed by atoms with Gasteiger partial charge in [0.05, 0.1) is 0 Å². The Morgan fingerprint density at radius 2 is 1.81 bits per heavy atom. The van der Waals surface area contributed by atoms with Crippen LogP contribution in [0.2, 0.25) is 0 Å². The number of para-hydroxylation sites is 1. The number of rotatable bonds is 3. The van der Waals surface area contributed by atoms with Crippen molar-refractivity contribution in [2.75, 3.05) is 11.9 Å². The minimum absolute atomic E-state index is 0.0669. The fourth-order valence-electron chi connectivity index (χ4n) is 3.82. The lowest BCUT2D eigenvalue weighted by Gasteiger charge is -2.30. The van der Waals surface area contributed by atoms with Crippen molar-refractivity contribution in [3.8, 4) is 0 Å². The zero-order chi connectivity index (χ0) is 14.8. The van der Waals surface area contributed by atoms with Gasteiger partial charge in [-0.3, -0.25) is 9.59 Å². The van der Waals surface area contributed by atoms with Crippen molar-refractivity contribution >= 4 is 17.5 Å². The second-order valence-corrected chi connectivity index (χ2v) is 6.00. The quantitative estimate of drug-likeness (QED) is 0.730. The number of anilines is 1. The minimum Gasteiger partial charge on any atom is -0.396 e. The number of carbonyl (C=O) groups excluding carboxylic acids is 2. The highest BCUT2D eigenvalue weighted by molar-refractivity contribution is 6.39. The molecule has 0 radical (unpaired) electrons. The van der Waals surface area contributed by atoms with Gasteiger partial charge in [-0.25, -0.2) is 0 Å². The van der Waals surface area contributed by atoms with E-state index in [4.69, 9.17) is 0 Å². The summed E-state index contributed by atoms with van der Waals surface area (Å²) in [5, 5.41) is 14.9. The van der Waals surface area contributed by atoms with Crippen LogP contribution < -0.4 is 10.6 Å². The van der Waals surface area contributed by atoms with Crippen molar-refractivity contribution in [1.29, 1.82) is 0 Å². The number of aliphatic hydroxyl groups excluding tert-OH is 1. The predicted molar refractivity (Wildman–Crippen MR) is 78.4 cm³/mol. The molecule has 1 aromatic carbocycles. The van der Waals surface area contributed by atoms with Gasteiger partial charge in [0, 0.05) is 24.3 Å². The molecule has 112 valence electrons. The van der Waals surface area contributed by atoms with E-state index in [1.807, 2.05) is 6.07 Å². The largest absolute Gasteiger partial charge is 0.396 e. The Kier molecular flexibility index (Phi) is 3.92. The zero-order valence-corrected chi connectivity index (χ0v) is 11.8. The summed E-state index contributed by atoms with van der Waals surface area (Å²) in [6.45, 7) is 0.0758. The Hall–Kier alpha value is -1.88. The van der Waals surface area contributed by atoms with Crippen LogP contribution in [0.15, 0.2) is 30.3 Å². The average molecular weight is 288 g/mol. The van der Waals surface area contributed by atoms with Crippen molar-refractivity contribution in [3.63, 3.8) is 0 Å². The molecule has 2 amide bonds. The van der Waals surface area contributed by atoms with Crippen molar-refractivity contribution in [2.45, 2.75) is 25.3 Å². The topological polar surface area (TPSA) is 78.4 Å². The van der Waals surface area contributed by atoms with Crippen LogP contribution in [0.3, 0.4) is 0 Å². The summed E-state index contributed by atoms with van der Waals surface area (Å²) in [5.74, 6) is -0.282. The number of amides is 2. The molecule has 2 fully saturated rings. The first-order valence-electron chi connectivity index (χ1n) is 7.47. The first-order valence-corrected chi connectivity index (χ1v) is 7.47. The first kappa shape index (κ1) is 14.1. The van der Waals surface area contributed by atoms with Crippen molar-refractivity contribution < 1.29 is 14.7 Å². The molecule has 2 bridgehead atoms. The van der Waals surface area contributed by atoms with Gasteiger partial charge in [-0.05, 0) is 43.2 Å². The number of carbonyl (C=O) groups is 2. The average Bonchev–Trinajstić information content (AvgIpc) is 3.09. The smallest absolute Gasteiger partial charge is 0.313 e. The summed E-state index contributed by atoms with van der Waals surface area (Å²) in [6.07, 6.45) is 3.25. The number of nitrogens with one attached hydrogen (secondary N) is 2. The number of hydrogen-bond donors (Lipinski definition) is 3. The summed E-state index contributed by atoms with van der Waals surface area (Å²) in [4.78, 5) is 24.0. The summed E-state index contributed by atoms with van der Waals surface area (Å²) in [5.41, 5.74) is 0.601. The van der Waals surface area contributed by atoms with Gasteiger partial charge in [-0.1, -0.05) is 18.2 Å². The van der Waals surface area contributed by atoms with Gasteiger partial charge >= 0.3 is 11.8 Å². The van der Waals surface area contributed by atoms with E-state index in [2.05, 4.69) is 10.6 Å². The van der Waals surface area contributed by atoms with Gasteiger partial charge in [-0.15, -0.1) is 0 Å². The molecule has 3 N–H and O–H groups in total. The molecular formula is C16H20N2O3. The molecule has 0 spiro atoms. The van der Waals surface area contributed by atoms with Gasteiger partial charge in [-0.2, -0.15) is 0 Å². The van der Waals surface area contributed by atoms with Crippen LogP contribution in [0, 0.1) is 17.8 Å². The van der Waals surface area contributed by atoms with Crippen LogP contribution >= 0.6 is 0 Å². The third-order valence-electron chi connectivity index (χ3n) is 4.83. The van der Waals surface area contributed by atoms with E-state index in [0.29, 0.717) is 17.5 Å². The van der Waals surface area contributed by atoms with Gasteiger partial charge < -0.3 is 15.7 Å². The molecule has 2 aliphatic rings. The monoisotopic (exact) mass is 288 g/mol. The Morgan fingerprint density at radius 1 is 1.10 bits per heavy atom. The molecule has 0 saturated heterocycles. The number of benzene rings is 1. The van der Waals surface area contributed by atoms with Gasteiger partial charge in [0.2, 0.25) is 0 Å². The van der Waals surface area contributed by atoms with E-state index in [-0.39, 0.29) is 18.6 Å². The summed E-state index contributed by atoms with van der Waals surface area (Å²) in [7, 11) is 0. The predicted octanol–water partition coefficient (Wildman–Crippen LogP) is 1.15. The molecule has 3 rings (SSSR count). The molecule has 1 aromatic rings. The summed E-state index contributed by atoms with van der Waals surface area (Å²) >= 11 is 0. The van der Waals surface area contributed by atoms with E-state index in [1.54, 1.807) is 24.3 Å². The van der Waals surface area contributed by atoms with Crippen LogP contribution in [0.25, 0.3) is 0 Å². The molecule has 0 heterocycles. The molecule has 2 aliphatic carbocycles. The van der Waals surface area contributed by atoms with E-state index in [9.17, 15) is 14.7 Å². The Morgan fingerprint density at radius 3 is 2.52 bits per heavy atom. The lowest BCUT2D eigenvalue weighted by molar-refractivity contribution is -0.137. The molecule has 5 heteroatoms. The highest BCUT2D eigenvalue weighted by Crippen LogP contribution is 2.48. The van der Waals surface area contributed by atoms with Gasteiger partial charge in [0.1, 0.15) is 0 Å². The van der Waals surface area contributed by atoms with E-state index in [0.717, 1.165) is 19.3 Å². The third-order valence-corrected chi connectivity index (χ3v) is 4.83. The maximum atomic E-state index is 12.0. The normalized spacial score (nSPS) is 30.1. The molecule has 2 saturated carbocycles. The van der Waals surface area contributed by atoms with Gasteiger partial charge in [0.25, 0.3) is 0 Å². The standard InChI is InChI=1S/C16H20N2O3/c19-9-13-10-6-7-11(8-10)14(13)18-16(21)15(20)17-12-4-2-1-3-5-12/h1-5,10-11,13-14,19H,6-9H2,(H,17,20)(H,18,21). The van der Waals surface area contributed by atoms with E-state index >= 15 is 0 Å². The van der Waals surface area contributed by atoms with Crippen LogP contribution in [0.1, 0.15) is 19.3 Å². The highest BCUT2D eigenvalue weighted by Gasteiger charge is 2.48. The molecule has 5 nitrogen and oxygen atoms in total. The Balaban J connectivity index is 1.60. The molecule has 21 heavy (non-hydrogen) atoms. The lowest BCUT2D eigenvalue weighted by Crippen LogP contribution is -2.48. The maximum Gasteiger partial charge on any atom is 0.313 e. The van der Waals surface area contributed by atoms with Gasteiger partial charge in [0.15, 0.2) is 0 Å². The van der Waals surface area contributed by atoms with Crippen LogP contribution in [-0.2, 0) is 9.59 Å². The SMILES string of the molecule is O=C(Nc1ccccc1)C(=O)NC1C2CCC(C2)C1CO. The maximum absolute atomic E-state index is 12.0. The highest BCUT2D eigenvalue weighted by atomic mass is 16.3. The second kappa shape index (κ2) is 5.85. The van der Waals surface area contributed by atoms with Crippen molar-refractivity contribution in [2.24, 2.45) is 17.8 Å².